The fraction of sp³-hybridized carbons (Fsp3) is 0.516. The third-order valence-corrected chi connectivity index (χ3v) is 8.77. The van der Waals surface area contributed by atoms with Gasteiger partial charge in [0, 0.05) is 11.6 Å². The highest BCUT2D eigenvalue weighted by molar-refractivity contribution is 7.20. The normalized spacial score (nSPS) is 12.3. The zero-order valence-electron chi connectivity index (χ0n) is 25.8. The van der Waals surface area contributed by atoms with Crippen molar-refractivity contribution in [2.75, 3.05) is 20.3 Å². The molecule has 0 fully saturated rings. The fourth-order valence-corrected chi connectivity index (χ4v) is 6.13. The predicted molar refractivity (Wildman–Crippen MR) is 165 cm³/mol. The number of hydrogen-bond donors (Lipinski definition) is 1. The summed E-state index contributed by atoms with van der Waals surface area (Å²) in [5.41, 5.74) is -1.99. The predicted octanol–water partition coefficient (Wildman–Crippen LogP) is 4.43. The number of nitriles is 1. The second kappa shape index (κ2) is 14.5. The Labute approximate surface area is 255 Å². The summed E-state index contributed by atoms with van der Waals surface area (Å²) in [6.07, 6.45) is 0.711. The second-order valence-electron chi connectivity index (χ2n) is 10.5. The van der Waals surface area contributed by atoms with Gasteiger partial charge in [0.15, 0.2) is 0 Å². The van der Waals surface area contributed by atoms with Crippen LogP contribution in [0.5, 0.6) is 5.75 Å². The first-order chi connectivity index (χ1) is 20.5. The fourth-order valence-electron chi connectivity index (χ4n) is 4.93. The molecule has 0 radical (unpaired) electrons. The molecule has 0 unspecified atom stereocenters. The number of carbonyl (C=O) groups is 2. The van der Waals surface area contributed by atoms with E-state index in [-0.39, 0.29) is 47.3 Å². The number of amides is 1. The number of aryl methyl sites for hydroxylation is 1. The highest BCUT2D eigenvalue weighted by Gasteiger charge is 2.37. The van der Waals surface area contributed by atoms with E-state index in [1.807, 2.05) is 13.8 Å². The van der Waals surface area contributed by atoms with Gasteiger partial charge in [-0.15, -0.1) is 11.3 Å². The molecule has 2 aromatic heterocycles. The Kier molecular flexibility index (Phi) is 11.3. The minimum atomic E-state index is -1.58. The molecule has 1 atom stereocenters. The first-order valence-electron chi connectivity index (χ1n) is 14.4. The van der Waals surface area contributed by atoms with E-state index in [9.17, 15) is 19.2 Å². The highest BCUT2D eigenvalue weighted by Crippen LogP contribution is 2.33. The molecule has 0 spiro atoms. The van der Waals surface area contributed by atoms with Gasteiger partial charge < -0.3 is 19.5 Å². The molecule has 1 aromatic carbocycles. The lowest BCUT2D eigenvalue weighted by molar-refractivity contribution is -0.129. The van der Waals surface area contributed by atoms with Crippen LogP contribution in [0.2, 0.25) is 0 Å². The van der Waals surface area contributed by atoms with Crippen LogP contribution in [-0.2, 0) is 26.4 Å². The van der Waals surface area contributed by atoms with Crippen LogP contribution in [0.25, 0.3) is 10.2 Å². The average Bonchev–Trinajstić information content (AvgIpc) is 3.34. The number of rotatable bonds is 14. The maximum atomic E-state index is 14.3. The number of nitrogens with zero attached hydrogens (tertiary/aromatic N) is 3. The Morgan fingerprint density at radius 3 is 2.42 bits per heavy atom. The summed E-state index contributed by atoms with van der Waals surface area (Å²) >= 11 is 0.983. The van der Waals surface area contributed by atoms with Crippen LogP contribution in [0.3, 0.4) is 0 Å². The molecular formula is C31H40N4O7S. The Hall–Kier alpha value is -3.95. The van der Waals surface area contributed by atoms with Gasteiger partial charge in [-0.3, -0.25) is 14.2 Å². The number of carbonyl (C=O) groups excluding carboxylic acids is 2. The largest absolute Gasteiger partial charge is 0.496 e. The van der Waals surface area contributed by atoms with Gasteiger partial charge in [-0.05, 0) is 52.2 Å². The SMILES string of the molecule is CCOC(=O)c1sc2c(c1C)c(=O)n(C(C)(C)C(=O)NC(CC)CC)c(=O)n2C[C@H](OCCC#N)c1ccccc1OC. The number of aromatic nitrogens is 2. The quantitative estimate of drug-likeness (QED) is 0.208. The number of benzene rings is 1. The van der Waals surface area contributed by atoms with Crippen molar-refractivity contribution in [1.29, 1.82) is 5.26 Å². The number of methoxy groups -OCH3 is 1. The van der Waals surface area contributed by atoms with Crippen molar-refractivity contribution < 1.29 is 23.8 Å². The van der Waals surface area contributed by atoms with Gasteiger partial charge in [0.2, 0.25) is 5.91 Å². The van der Waals surface area contributed by atoms with Gasteiger partial charge in [0.05, 0.1) is 44.7 Å². The Morgan fingerprint density at radius 1 is 1.14 bits per heavy atom. The van der Waals surface area contributed by atoms with E-state index in [0.29, 0.717) is 29.7 Å². The standard InChI is InChI=1S/C31H40N4O7S/c1-8-20(9-2)33-29(38)31(5,6)35-26(36)24-19(4)25(28(37)41-10-3)43-27(24)34(30(35)39)18-23(42-17-13-16-32)21-14-11-12-15-22(21)40-7/h11-12,14-15,20,23H,8-10,13,17-18H2,1-7H3,(H,33,38)/t23-/m0/s1. The molecule has 2 heterocycles. The molecule has 0 aliphatic heterocycles. The van der Waals surface area contributed by atoms with Gasteiger partial charge in [-0.1, -0.05) is 32.0 Å². The van der Waals surface area contributed by atoms with E-state index in [1.54, 1.807) is 38.1 Å². The number of thiophene rings is 1. The van der Waals surface area contributed by atoms with Gasteiger partial charge >= 0.3 is 11.7 Å². The summed E-state index contributed by atoms with van der Waals surface area (Å²) in [5, 5.41) is 12.2. The van der Waals surface area contributed by atoms with Crippen molar-refractivity contribution in [2.45, 2.75) is 85.0 Å². The van der Waals surface area contributed by atoms with Crippen LogP contribution in [0.4, 0.5) is 0 Å². The van der Waals surface area contributed by atoms with Gasteiger partial charge in [-0.25, -0.2) is 14.2 Å². The molecule has 0 aliphatic rings. The minimum absolute atomic E-state index is 0.0810. The lowest BCUT2D eigenvalue weighted by Gasteiger charge is -2.29. The molecule has 0 saturated carbocycles. The minimum Gasteiger partial charge on any atom is -0.496 e. The molecule has 0 saturated heterocycles. The summed E-state index contributed by atoms with van der Waals surface area (Å²) in [7, 11) is 1.52. The van der Waals surface area contributed by atoms with Crippen LogP contribution < -0.4 is 21.3 Å². The summed E-state index contributed by atoms with van der Waals surface area (Å²) in [6, 6.07) is 9.08. The van der Waals surface area contributed by atoms with Crippen molar-refractivity contribution >= 4 is 33.4 Å². The van der Waals surface area contributed by atoms with Crippen LogP contribution in [-0.4, -0.2) is 47.4 Å². The van der Waals surface area contributed by atoms with Crippen LogP contribution in [0, 0.1) is 18.3 Å². The molecule has 3 rings (SSSR count). The third kappa shape index (κ3) is 6.84. The monoisotopic (exact) mass is 612 g/mol. The summed E-state index contributed by atoms with van der Waals surface area (Å²) < 4.78 is 19.2. The van der Waals surface area contributed by atoms with Crippen molar-refractivity contribution in [3.05, 3.63) is 61.1 Å². The lowest BCUT2D eigenvalue weighted by Crippen LogP contribution is -2.57. The summed E-state index contributed by atoms with van der Waals surface area (Å²) in [6.45, 7) is 10.4. The van der Waals surface area contributed by atoms with E-state index >= 15 is 0 Å². The maximum absolute atomic E-state index is 14.3. The van der Waals surface area contributed by atoms with E-state index in [0.717, 1.165) is 15.9 Å². The Balaban J connectivity index is 2.35. The zero-order chi connectivity index (χ0) is 31.9. The van der Waals surface area contributed by atoms with E-state index in [1.165, 1.54) is 25.5 Å². The topological polar surface area (TPSA) is 142 Å². The number of hydrogen-bond acceptors (Lipinski definition) is 9. The molecule has 3 aromatic rings. The zero-order valence-corrected chi connectivity index (χ0v) is 26.6. The second-order valence-corrected chi connectivity index (χ2v) is 11.5. The number of ether oxygens (including phenoxy) is 3. The number of nitrogens with one attached hydrogen (secondary N) is 1. The van der Waals surface area contributed by atoms with E-state index in [4.69, 9.17) is 19.5 Å². The molecule has 1 N–H and O–H groups in total. The Morgan fingerprint density at radius 2 is 1.81 bits per heavy atom. The van der Waals surface area contributed by atoms with Gasteiger partial charge in [-0.2, -0.15) is 5.26 Å². The average molecular weight is 613 g/mol. The number of esters is 1. The smallest absolute Gasteiger partial charge is 0.348 e. The molecule has 1 amide bonds. The molecule has 12 heteroatoms. The molecule has 43 heavy (non-hydrogen) atoms. The summed E-state index contributed by atoms with van der Waals surface area (Å²) in [5.74, 6) is -0.568. The van der Waals surface area contributed by atoms with Crippen LogP contribution >= 0.6 is 11.3 Å². The van der Waals surface area contributed by atoms with Crippen molar-refractivity contribution in [2.24, 2.45) is 0 Å². The maximum Gasteiger partial charge on any atom is 0.348 e. The lowest BCUT2D eigenvalue weighted by atomic mass is 10.0. The summed E-state index contributed by atoms with van der Waals surface area (Å²) in [4.78, 5) is 55.3. The molecule has 11 nitrogen and oxygen atoms in total. The third-order valence-electron chi connectivity index (χ3n) is 7.48. The molecule has 232 valence electrons. The molecular weight excluding hydrogens is 572 g/mol. The van der Waals surface area contributed by atoms with Crippen LogP contribution in [0.1, 0.15) is 80.8 Å². The van der Waals surface area contributed by atoms with Crippen molar-refractivity contribution in [3.8, 4) is 11.8 Å². The number of fused-ring (bicyclic) bond motifs is 1. The van der Waals surface area contributed by atoms with Crippen LogP contribution in [0.15, 0.2) is 33.9 Å². The van der Waals surface area contributed by atoms with Gasteiger partial charge in [0.1, 0.15) is 27.1 Å². The van der Waals surface area contributed by atoms with Crippen molar-refractivity contribution in [3.63, 3.8) is 0 Å². The first-order valence-corrected chi connectivity index (χ1v) is 15.2. The highest BCUT2D eigenvalue weighted by atomic mass is 32.1. The molecule has 0 aliphatic carbocycles. The van der Waals surface area contributed by atoms with E-state index < -0.39 is 34.8 Å². The van der Waals surface area contributed by atoms with Gasteiger partial charge in [0.25, 0.3) is 5.56 Å². The molecule has 0 bridgehead atoms. The van der Waals surface area contributed by atoms with Crippen molar-refractivity contribution in [1.82, 2.24) is 14.5 Å². The Bertz CT molecular complexity index is 1630. The number of para-hydroxylation sites is 1. The van der Waals surface area contributed by atoms with E-state index in [2.05, 4.69) is 11.4 Å². The first kappa shape index (κ1) is 33.6.